The monoisotopic (exact) mass is 136 g/mol. The quantitative estimate of drug-likeness (QED) is 0.414. The van der Waals surface area contributed by atoms with E-state index < -0.39 is 0 Å². The summed E-state index contributed by atoms with van der Waals surface area (Å²) < 4.78 is 0. The molecule has 56 valence electrons. The molecule has 9 heavy (non-hydrogen) atoms. The van der Waals surface area contributed by atoms with Gasteiger partial charge >= 0.3 is 0 Å². The minimum absolute atomic E-state index is 0.0938. The van der Waals surface area contributed by atoms with Crippen LogP contribution in [0.1, 0.15) is 6.42 Å². The number of rotatable bonds is 3. The van der Waals surface area contributed by atoms with E-state index in [1.165, 1.54) is 0 Å². The van der Waals surface area contributed by atoms with Crippen LogP contribution in [0.15, 0.2) is 0 Å². The number of aldehydes is 1. The zero-order valence-corrected chi connectivity index (χ0v) is 5.16. The number of hydrogen-bond acceptors (Lipinski definition) is 4. The largest absolute Gasteiger partial charge is 0.396 e. The molecule has 4 heteroatoms. The van der Waals surface area contributed by atoms with E-state index in [9.17, 15) is 0 Å². The lowest BCUT2D eigenvalue weighted by molar-refractivity contribution is -0.110. The van der Waals surface area contributed by atoms with E-state index in [0.717, 1.165) is 0 Å². The Bertz CT molecular complexity index is 44.2. The highest BCUT2D eigenvalue weighted by atomic mass is 16.3. The summed E-state index contributed by atoms with van der Waals surface area (Å²) in [6.45, 7) is -0.174. The van der Waals surface area contributed by atoms with E-state index in [2.05, 4.69) is 0 Å². The molecule has 0 aliphatic carbocycles. The Labute approximate surface area is 53.7 Å². The van der Waals surface area contributed by atoms with Crippen LogP contribution in [-0.4, -0.2) is 41.4 Å². The SMILES string of the molecule is O=CCO.OCCCO. The van der Waals surface area contributed by atoms with Crippen LogP contribution in [0.4, 0.5) is 0 Å². The molecule has 0 saturated carbocycles. The first-order valence-electron chi connectivity index (χ1n) is 2.59. The fourth-order valence-electron chi connectivity index (χ4n) is 0.0707. The van der Waals surface area contributed by atoms with Gasteiger partial charge in [0.2, 0.25) is 0 Å². The first-order chi connectivity index (χ1) is 4.33. The lowest BCUT2D eigenvalue weighted by atomic mass is 10.5. The molecule has 0 radical (unpaired) electrons. The molecule has 0 aromatic carbocycles. The second kappa shape index (κ2) is 15.6. The van der Waals surface area contributed by atoms with Crippen LogP contribution in [0.25, 0.3) is 0 Å². The summed E-state index contributed by atoms with van der Waals surface area (Å²) in [6.07, 6.45) is 0.931. The third kappa shape index (κ3) is 35.8. The normalized spacial score (nSPS) is 7.44. The highest BCUT2D eigenvalue weighted by molar-refractivity contribution is 5.49. The van der Waals surface area contributed by atoms with Gasteiger partial charge in [-0.15, -0.1) is 0 Å². The van der Waals surface area contributed by atoms with Gasteiger partial charge in [0, 0.05) is 13.2 Å². The predicted molar refractivity (Wildman–Crippen MR) is 31.9 cm³/mol. The molecular weight excluding hydrogens is 124 g/mol. The Morgan fingerprint density at radius 3 is 1.44 bits per heavy atom. The van der Waals surface area contributed by atoms with Crippen molar-refractivity contribution in [2.45, 2.75) is 6.42 Å². The van der Waals surface area contributed by atoms with Crippen molar-refractivity contribution in [3.8, 4) is 0 Å². The number of aliphatic hydroxyl groups excluding tert-OH is 3. The van der Waals surface area contributed by atoms with Crippen LogP contribution in [0.3, 0.4) is 0 Å². The van der Waals surface area contributed by atoms with Crippen molar-refractivity contribution < 1.29 is 20.1 Å². The van der Waals surface area contributed by atoms with Crippen molar-refractivity contribution in [2.75, 3.05) is 19.8 Å². The van der Waals surface area contributed by atoms with Crippen LogP contribution in [-0.2, 0) is 4.79 Å². The lowest BCUT2D eigenvalue weighted by Gasteiger charge is -1.79. The van der Waals surface area contributed by atoms with Gasteiger partial charge in [-0.05, 0) is 6.42 Å². The third-order valence-corrected chi connectivity index (χ3v) is 0.391. The van der Waals surface area contributed by atoms with Crippen molar-refractivity contribution in [3.05, 3.63) is 0 Å². The Hall–Kier alpha value is -0.450. The van der Waals surface area contributed by atoms with Crippen molar-refractivity contribution in [1.82, 2.24) is 0 Å². The maximum absolute atomic E-state index is 8.92. The van der Waals surface area contributed by atoms with Crippen LogP contribution in [0.2, 0.25) is 0 Å². The fourth-order valence-corrected chi connectivity index (χ4v) is 0.0707. The summed E-state index contributed by atoms with van der Waals surface area (Å²) in [4.78, 5) is 8.92. The second-order valence-corrected chi connectivity index (χ2v) is 1.15. The summed E-state index contributed by atoms with van der Waals surface area (Å²) >= 11 is 0. The van der Waals surface area contributed by atoms with E-state index in [1.54, 1.807) is 0 Å². The van der Waals surface area contributed by atoms with Crippen molar-refractivity contribution in [1.29, 1.82) is 0 Å². The Balaban J connectivity index is 0. The minimum atomic E-state index is -0.361. The standard InChI is InChI=1S/C3H8O2.C2H4O2/c4-2-1-3-5;3-1-2-4/h4-5H,1-3H2;1,4H,2H2. The molecule has 0 rings (SSSR count). The summed E-state index contributed by atoms with van der Waals surface area (Å²) in [5, 5.41) is 23.3. The summed E-state index contributed by atoms with van der Waals surface area (Å²) in [6, 6.07) is 0. The molecule has 0 amide bonds. The molecule has 0 aliphatic rings. The molecule has 0 unspecified atom stereocenters. The van der Waals surface area contributed by atoms with Crippen LogP contribution >= 0.6 is 0 Å². The molecule has 0 heterocycles. The van der Waals surface area contributed by atoms with Gasteiger partial charge in [-0.1, -0.05) is 0 Å². The van der Waals surface area contributed by atoms with E-state index >= 15 is 0 Å². The molecule has 0 aromatic heterocycles. The molecule has 0 aliphatic heterocycles. The molecule has 4 nitrogen and oxygen atoms in total. The summed E-state index contributed by atoms with van der Waals surface area (Å²) in [5.74, 6) is 0. The average molecular weight is 136 g/mol. The lowest BCUT2D eigenvalue weighted by Crippen LogP contribution is -1.85. The van der Waals surface area contributed by atoms with Crippen LogP contribution in [0, 0.1) is 0 Å². The van der Waals surface area contributed by atoms with E-state index in [-0.39, 0.29) is 19.8 Å². The molecule has 0 spiro atoms. The van der Waals surface area contributed by atoms with Crippen molar-refractivity contribution in [3.63, 3.8) is 0 Å². The maximum Gasteiger partial charge on any atom is 0.145 e. The molecule has 3 N–H and O–H groups in total. The predicted octanol–water partition coefficient (Wildman–Crippen LogP) is -1.46. The molecule has 0 fully saturated rings. The number of aliphatic hydroxyl groups is 3. The fraction of sp³-hybridized carbons (Fsp3) is 0.800. The zero-order valence-electron chi connectivity index (χ0n) is 5.16. The molecule has 0 saturated heterocycles. The Kier molecular flexibility index (Phi) is 19.7. The van der Waals surface area contributed by atoms with Crippen molar-refractivity contribution in [2.24, 2.45) is 0 Å². The van der Waals surface area contributed by atoms with Gasteiger partial charge in [0.05, 0.1) is 6.61 Å². The molecular formula is C5H12O4. The van der Waals surface area contributed by atoms with Crippen LogP contribution in [0.5, 0.6) is 0 Å². The van der Waals surface area contributed by atoms with Gasteiger partial charge in [0.15, 0.2) is 0 Å². The highest BCUT2D eigenvalue weighted by Crippen LogP contribution is 1.65. The van der Waals surface area contributed by atoms with Crippen LogP contribution < -0.4 is 0 Å². The Morgan fingerprint density at radius 2 is 1.44 bits per heavy atom. The van der Waals surface area contributed by atoms with Gasteiger partial charge in [-0.3, -0.25) is 0 Å². The maximum atomic E-state index is 8.92. The van der Waals surface area contributed by atoms with Crippen molar-refractivity contribution >= 4 is 6.29 Å². The number of carbonyl (C=O) groups is 1. The number of hydrogen-bond donors (Lipinski definition) is 3. The van der Waals surface area contributed by atoms with Gasteiger partial charge in [-0.25, -0.2) is 0 Å². The Morgan fingerprint density at radius 1 is 1.11 bits per heavy atom. The molecule has 0 aromatic rings. The highest BCUT2D eigenvalue weighted by Gasteiger charge is 1.70. The van der Waals surface area contributed by atoms with Gasteiger partial charge in [-0.2, -0.15) is 0 Å². The minimum Gasteiger partial charge on any atom is -0.396 e. The third-order valence-electron chi connectivity index (χ3n) is 0.391. The number of carbonyl (C=O) groups excluding carboxylic acids is 1. The van der Waals surface area contributed by atoms with Gasteiger partial charge in [0.25, 0.3) is 0 Å². The summed E-state index contributed by atoms with van der Waals surface area (Å²) in [7, 11) is 0. The first-order valence-corrected chi connectivity index (χ1v) is 2.59. The molecule has 0 atom stereocenters. The average Bonchev–Trinajstić information content (AvgIpc) is 1.91. The van der Waals surface area contributed by atoms with Gasteiger partial charge < -0.3 is 20.1 Å². The smallest absolute Gasteiger partial charge is 0.145 e. The van der Waals surface area contributed by atoms with E-state index in [0.29, 0.717) is 12.7 Å². The molecule has 0 bridgehead atoms. The zero-order chi connectivity index (χ0) is 7.54. The van der Waals surface area contributed by atoms with E-state index in [1.807, 2.05) is 0 Å². The first kappa shape index (κ1) is 11.4. The van der Waals surface area contributed by atoms with Gasteiger partial charge in [0.1, 0.15) is 6.29 Å². The second-order valence-electron chi connectivity index (χ2n) is 1.15. The summed E-state index contributed by atoms with van der Waals surface area (Å²) in [5.41, 5.74) is 0. The van der Waals surface area contributed by atoms with E-state index in [4.69, 9.17) is 20.1 Å². The topological polar surface area (TPSA) is 77.8 Å².